The van der Waals surface area contributed by atoms with Crippen molar-refractivity contribution >= 4 is 0 Å². The highest BCUT2D eigenvalue weighted by molar-refractivity contribution is 4.93. The number of hydrogen-bond donors (Lipinski definition) is 1. The molecular weight excluding hydrogens is 192 g/mol. The van der Waals surface area contributed by atoms with Crippen LogP contribution < -0.4 is 5.73 Å². The predicted octanol–water partition coefficient (Wildman–Crippen LogP) is 0.705. The van der Waals surface area contributed by atoms with Gasteiger partial charge >= 0.3 is 0 Å². The van der Waals surface area contributed by atoms with Crippen LogP contribution in [-0.4, -0.2) is 57.0 Å². The predicted molar refractivity (Wildman–Crippen MR) is 63.0 cm³/mol. The van der Waals surface area contributed by atoms with E-state index in [4.69, 9.17) is 15.2 Å². The minimum absolute atomic E-state index is 0.0896. The first kappa shape index (κ1) is 14.8. The molecule has 0 saturated carbocycles. The molecule has 4 nitrogen and oxygen atoms in total. The Morgan fingerprint density at radius 2 is 1.87 bits per heavy atom. The number of hydrogen-bond acceptors (Lipinski definition) is 4. The molecule has 0 heterocycles. The van der Waals surface area contributed by atoms with Crippen LogP contribution in [0.15, 0.2) is 0 Å². The molecular formula is C11H26N2O2. The average Bonchev–Trinajstić information content (AvgIpc) is 2.26. The lowest BCUT2D eigenvalue weighted by molar-refractivity contribution is -0.0465. The second-order valence-corrected chi connectivity index (χ2v) is 4.35. The molecule has 0 aliphatic heterocycles. The molecule has 0 saturated heterocycles. The lowest BCUT2D eigenvalue weighted by Gasteiger charge is -2.44. The van der Waals surface area contributed by atoms with Crippen LogP contribution in [0.2, 0.25) is 0 Å². The lowest BCUT2D eigenvalue weighted by atomic mass is 9.92. The second kappa shape index (κ2) is 6.43. The fourth-order valence-electron chi connectivity index (χ4n) is 1.71. The first-order chi connectivity index (χ1) is 6.93. The van der Waals surface area contributed by atoms with Crippen LogP contribution in [0.3, 0.4) is 0 Å². The molecule has 3 atom stereocenters. The Morgan fingerprint density at radius 3 is 2.20 bits per heavy atom. The van der Waals surface area contributed by atoms with Crippen LogP contribution in [0, 0.1) is 0 Å². The molecule has 15 heavy (non-hydrogen) atoms. The molecule has 2 N–H and O–H groups in total. The zero-order valence-corrected chi connectivity index (χ0v) is 10.9. The number of rotatable bonds is 7. The molecule has 0 amide bonds. The SMILES string of the molecule is COCC(C)N(C)C(C)(CN)C(C)OC. The maximum atomic E-state index is 5.86. The Balaban J connectivity index is 4.63. The fourth-order valence-corrected chi connectivity index (χ4v) is 1.71. The summed E-state index contributed by atoms with van der Waals surface area (Å²) in [5.41, 5.74) is 5.70. The second-order valence-electron chi connectivity index (χ2n) is 4.35. The van der Waals surface area contributed by atoms with E-state index in [1.54, 1.807) is 14.2 Å². The average molecular weight is 218 g/mol. The van der Waals surface area contributed by atoms with Gasteiger partial charge in [-0.3, -0.25) is 4.90 Å². The molecule has 0 aromatic rings. The van der Waals surface area contributed by atoms with Gasteiger partial charge < -0.3 is 15.2 Å². The van der Waals surface area contributed by atoms with E-state index < -0.39 is 0 Å². The summed E-state index contributed by atoms with van der Waals surface area (Å²) in [5, 5.41) is 0. The first-order valence-corrected chi connectivity index (χ1v) is 5.38. The van der Waals surface area contributed by atoms with Gasteiger partial charge in [-0.05, 0) is 27.8 Å². The topological polar surface area (TPSA) is 47.7 Å². The third-order valence-electron chi connectivity index (χ3n) is 3.52. The normalized spacial score (nSPS) is 20.0. The molecule has 0 spiro atoms. The van der Waals surface area contributed by atoms with Crippen LogP contribution in [-0.2, 0) is 9.47 Å². The summed E-state index contributed by atoms with van der Waals surface area (Å²) in [6.45, 7) is 7.55. The summed E-state index contributed by atoms with van der Waals surface area (Å²) < 4.78 is 10.5. The van der Waals surface area contributed by atoms with Crippen LogP contribution in [0.4, 0.5) is 0 Å². The Labute approximate surface area is 93.7 Å². The minimum Gasteiger partial charge on any atom is -0.383 e. The molecule has 0 aromatic heterocycles. The largest absolute Gasteiger partial charge is 0.383 e. The van der Waals surface area contributed by atoms with Crippen LogP contribution in [0.5, 0.6) is 0 Å². The molecule has 0 aliphatic rings. The number of likely N-dealkylation sites (N-methyl/N-ethyl adjacent to an activating group) is 1. The Bertz CT molecular complexity index is 178. The quantitative estimate of drug-likeness (QED) is 0.683. The number of ether oxygens (including phenoxy) is 2. The monoisotopic (exact) mass is 218 g/mol. The lowest BCUT2D eigenvalue weighted by Crippen LogP contribution is -2.60. The van der Waals surface area contributed by atoms with E-state index in [1.807, 2.05) is 6.92 Å². The van der Waals surface area contributed by atoms with E-state index in [0.717, 1.165) is 0 Å². The van der Waals surface area contributed by atoms with Gasteiger partial charge in [0.2, 0.25) is 0 Å². The summed E-state index contributed by atoms with van der Waals surface area (Å²) >= 11 is 0. The van der Waals surface area contributed by atoms with Gasteiger partial charge in [0.1, 0.15) is 0 Å². The molecule has 0 aliphatic carbocycles. The molecule has 3 unspecified atom stereocenters. The Morgan fingerprint density at radius 1 is 1.33 bits per heavy atom. The maximum Gasteiger partial charge on any atom is 0.0736 e. The van der Waals surface area contributed by atoms with Crippen molar-refractivity contribution < 1.29 is 9.47 Å². The highest BCUT2D eigenvalue weighted by Gasteiger charge is 2.36. The van der Waals surface area contributed by atoms with Gasteiger partial charge in [0.05, 0.1) is 18.2 Å². The highest BCUT2D eigenvalue weighted by Crippen LogP contribution is 2.21. The van der Waals surface area contributed by atoms with Gasteiger partial charge in [-0.1, -0.05) is 0 Å². The molecule has 0 aromatic carbocycles. The Hall–Kier alpha value is -0.160. The summed E-state index contributed by atoms with van der Waals surface area (Å²) in [6.07, 6.45) is 0.0896. The number of nitrogens with zero attached hydrogens (tertiary/aromatic N) is 1. The number of nitrogens with two attached hydrogens (primary N) is 1. The highest BCUT2D eigenvalue weighted by atomic mass is 16.5. The summed E-state index contributed by atoms with van der Waals surface area (Å²) in [7, 11) is 5.49. The molecule has 0 rings (SSSR count). The van der Waals surface area contributed by atoms with Crippen LogP contribution in [0.1, 0.15) is 20.8 Å². The standard InChI is InChI=1S/C11H26N2O2/c1-9(7-14-5)13(4)11(3,8-12)10(2)15-6/h9-10H,7-8,12H2,1-6H3. The van der Waals surface area contributed by atoms with Crippen molar-refractivity contribution in [2.24, 2.45) is 5.73 Å². The van der Waals surface area contributed by atoms with E-state index in [9.17, 15) is 0 Å². The van der Waals surface area contributed by atoms with Crippen molar-refractivity contribution in [2.75, 3.05) is 34.4 Å². The van der Waals surface area contributed by atoms with Gasteiger partial charge in [-0.15, -0.1) is 0 Å². The van der Waals surface area contributed by atoms with Crippen molar-refractivity contribution in [1.29, 1.82) is 0 Å². The van der Waals surface area contributed by atoms with Crippen LogP contribution >= 0.6 is 0 Å². The van der Waals surface area contributed by atoms with Crippen molar-refractivity contribution in [1.82, 2.24) is 4.90 Å². The summed E-state index contributed by atoms with van der Waals surface area (Å²) in [6, 6.07) is 0.321. The first-order valence-electron chi connectivity index (χ1n) is 5.38. The maximum absolute atomic E-state index is 5.86. The van der Waals surface area contributed by atoms with Gasteiger partial charge in [0, 0.05) is 26.8 Å². The smallest absolute Gasteiger partial charge is 0.0736 e. The zero-order valence-electron chi connectivity index (χ0n) is 10.9. The third kappa shape index (κ3) is 3.41. The Kier molecular flexibility index (Phi) is 6.36. The summed E-state index contributed by atoms with van der Waals surface area (Å²) in [5.74, 6) is 0. The van der Waals surface area contributed by atoms with Crippen molar-refractivity contribution in [3.63, 3.8) is 0 Å². The zero-order chi connectivity index (χ0) is 12.1. The van der Waals surface area contributed by atoms with Crippen molar-refractivity contribution in [3.05, 3.63) is 0 Å². The minimum atomic E-state index is -0.160. The molecule has 0 fully saturated rings. The van der Waals surface area contributed by atoms with Crippen molar-refractivity contribution in [2.45, 2.75) is 38.5 Å². The van der Waals surface area contributed by atoms with E-state index in [-0.39, 0.29) is 11.6 Å². The van der Waals surface area contributed by atoms with Crippen LogP contribution in [0.25, 0.3) is 0 Å². The van der Waals surface area contributed by atoms with Gasteiger partial charge in [-0.25, -0.2) is 0 Å². The molecule has 0 bridgehead atoms. The van der Waals surface area contributed by atoms with Gasteiger partial charge in [0.25, 0.3) is 0 Å². The van der Waals surface area contributed by atoms with Gasteiger partial charge in [0.15, 0.2) is 0 Å². The number of methoxy groups -OCH3 is 2. The van der Waals surface area contributed by atoms with Gasteiger partial charge in [-0.2, -0.15) is 0 Å². The van der Waals surface area contributed by atoms with E-state index in [1.165, 1.54) is 0 Å². The molecule has 92 valence electrons. The van der Waals surface area contributed by atoms with Crippen molar-refractivity contribution in [3.8, 4) is 0 Å². The van der Waals surface area contributed by atoms with E-state index in [0.29, 0.717) is 19.2 Å². The fraction of sp³-hybridized carbons (Fsp3) is 1.00. The third-order valence-corrected chi connectivity index (χ3v) is 3.52. The van der Waals surface area contributed by atoms with E-state index >= 15 is 0 Å². The summed E-state index contributed by atoms with van der Waals surface area (Å²) in [4.78, 5) is 2.23. The van der Waals surface area contributed by atoms with E-state index in [2.05, 4.69) is 25.8 Å². The molecule has 0 radical (unpaired) electrons. The molecule has 4 heteroatoms.